The van der Waals surface area contributed by atoms with Crippen LogP contribution in [0.4, 0.5) is 0 Å². The zero-order chi connectivity index (χ0) is 12.3. The molecule has 0 fully saturated rings. The molecule has 0 amide bonds. The fourth-order valence-electron chi connectivity index (χ4n) is 2.02. The molecule has 0 saturated heterocycles. The topological polar surface area (TPSA) is 24.9 Å². The highest BCUT2D eigenvalue weighted by Crippen LogP contribution is 2.24. The molecular weight excluding hydrogens is 228 g/mol. The zero-order valence-electron chi connectivity index (χ0n) is 10.5. The van der Waals surface area contributed by atoms with Crippen LogP contribution in [0, 0.1) is 13.8 Å². The van der Waals surface area contributed by atoms with Gasteiger partial charge in [0.15, 0.2) is 0 Å². The number of nitrogens with zero attached hydrogens (tertiary/aromatic N) is 1. The van der Waals surface area contributed by atoms with Gasteiger partial charge in [0.2, 0.25) is 0 Å². The number of aryl methyl sites for hydroxylation is 2. The summed E-state index contributed by atoms with van der Waals surface area (Å²) in [6.45, 7) is 4.29. The molecule has 2 heterocycles. The summed E-state index contributed by atoms with van der Waals surface area (Å²) in [4.78, 5) is 4.47. The van der Waals surface area contributed by atoms with Crippen LogP contribution >= 0.6 is 11.3 Å². The van der Waals surface area contributed by atoms with E-state index in [1.165, 1.54) is 22.4 Å². The summed E-state index contributed by atoms with van der Waals surface area (Å²) in [5, 5.41) is 7.82. The maximum absolute atomic E-state index is 4.47. The van der Waals surface area contributed by atoms with Gasteiger partial charge in [0, 0.05) is 24.4 Å². The third-order valence-electron chi connectivity index (χ3n) is 3.13. The first-order chi connectivity index (χ1) is 8.22. The Morgan fingerprint density at radius 1 is 1.29 bits per heavy atom. The van der Waals surface area contributed by atoms with Gasteiger partial charge in [0.1, 0.15) is 0 Å². The van der Waals surface area contributed by atoms with E-state index >= 15 is 0 Å². The van der Waals surface area contributed by atoms with Crippen molar-refractivity contribution < 1.29 is 0 Å². The summed E-state index contributed by atoms with van der Waals surface area (Å²) in [5.41, 5.74) is 5.20. The standard InChI is InChI=1S/C14H18N2S/c1-10-5-4-6-16-13(10)7-14(15-3)12-9-17-8-11(12)2/h4-6,8-9,14-15H,7H2,1-3H3. The molecule has 17 heavy (non-hydrogen) atoms. The van der Waals surface area contributed by atoms with Gasteiger partial charge in [-0.15, -0.1) is 0 Å². The SMILES string of the molecule is CNC(Cc1ncccc1C)c1cscc1C. The lowest BCUT2D eigenvalue weighted by Gasteiger charge is -2.17. The van der Waals surface area contributed by atoms with Crippen molar-refractivity contribution in [1.82, 2.24) is 10.3 Å². The van der Waals surface area contributed by atoms with Crippen LogP contribution in [0.3, 0.4) is 0 Å². The third kappa shape index (κ3) is 2.73. The van der Waals surface area contributed by atoms with Crippen LogP contribution in [0.25, 0.3) is 0 Å². The van der Waals surface area contributed by atoms with Crippen molar-refractivity contribution in [2.45, 2.75) is 26.3 Å². The number of pyridine rings is 1. The van der Waals surface area contributed by atoms with Gasteiger partial charge in [-0.3, -0.25) is 4.98 Å². The van der Waals surface area contributed by atoms with Crippen LogP contribution < -0.4 is 5.32 Å². The number of rotatable bonds is 4. The van der Waals surface area contributed by atoms with Gasteiger partial charge < -0.3 is 5.32 Å². The molecule has 2 aromatic heterocycles. The zero-order valence-corrected chi connectivity index (χ0v) is 11.3. The van der Waals surface area contributed by atoms with Crippen molar-refractivity contribution in [1.29, 1.82) is 0 Å². The summed E-state index contributed by atoms with van der Waals surface area (Å²) in [6.07, 6.45) is 2.82. The van der Waals surface area contributed by atoms with Crippen molar-refractivity contribution in [3.05, 3.63) is 51.5 Å². The molecule has 2 nitrogen and oxygen atoms in total. The average Bonchev–Trinajstić information content (AvgIpc) is 2.75. The molecule has 0 aromatic carbocycles. The number of nitrogens with one attached hydrogen (secondary N) is 1. The minimum atomic E-state index is 0.356. The highest BCUT2D eigenvalue weighted by Gasteiger charge is 2.14. The van der Waals surface area contributed by atoms with E-state index in [2.05, 4.69) is 41.0 Å². The monoisotopic (exact) mass is 246 g/mol. The van der Waals surface area contributed by atoms with Crippen LogP contribution in [-0.2, 0) is 6.42 Å². The molecule has 2 rings (SSSR count). The van der Waals surface area contributed by atoms with E-state index < -0.39 is 0 Å². The normalized spacial score (nSPS) is 12.6. The van der Waals surface area contributed by atoms with Crippen LogP contribution in [0.5, 0.6) is 0 Å². The Hall–Kier alpha value is -1.19. The first-order valence-electron chi connectivity index (χ1n) is 5.83. The predicted molar refractivity (Wildman–Crippen MR) is 73.5 cm³/mol. The largest absolute Gasteiger partial charge is 0.313 e. The molecule has 1 unspecified atom stereocenters. The smallest absolute Gasteiger partial charge is 0.0451 e. The Bertz CT molecular complexity index is 490. The molecule has 0 aliphatic carbocycles. The summed E-state index contributed by atoms with van der Waals surface area (Å²) >= 11 is 1.76. The fourth-order valence-corrected chi connectivity index (χ4v) is 2.93. The Kier molecular flexibility index (Phi) is 3.92. The molecule has 0 aliphatic heterocycles. The molecule has 0 saturated carbocycles. The van der Waals surface area contributed by atoms with Crippen molar-refractivity contribution in [2.75, 3.05) is 7.05 Å². The molecular formula is C14H18N2S. The minimum Gasteiger partial charge on any atom is -0.313 e. The van der Waals surface area contributed by atoms with E-state index in [1.807, 2.05) is 19.3 Å². The third-order valence-corrected chi connectivity index (χ3v) is 4.01. The molecule has 0 spiro atoms. The first kappa shape index (κ1) is 12.3. The Morgan fingerprint density at radius 2 is 2.12 bits per heavy atom. The van der Waals surface area contributed by atoms with Crippen LogP contribution in [0.2, 0.25) is 0 Å². The molecule has 0 aliphatic rings. The van der Waals surface area contributed by atoms with Gasteiger partial charge >= 0.3 is 0 Å². The van der Waals surface area contributed by atoms with E-state index in [-0.39, 0.29) is 0 Å². The number of thiophene rings is 1. The highest BCUT2D eigenvalue weighted by atomic mass is 32.1. The predicted octanol–water partition coefficient (Wildman–Crippen LogP) is 3.26. The average molecular weight is 246 g/mol. The maximum Gasteiger partial charge on any atom is 0.0451 e. The number of hydrogen-bond donors (Lipinski definition) is 1. The van der Waals surface area contributed by atoms with E-state index in [9.17, 15) is 0 Å². The lowest BCUT2D eigenvalue weighted by Crippen LogP contribution is -2.20. The Balaban J connectivity index is 2.22. The summed E-state index contributed by atoms with van der Waals surface area (Å²) < 4.78 is 0. The van der Waals surface area contributed by atoms with E-state index in [0.29, 0.717) is 6.04 Å². The Morgan fingerprint density at radius 3 is 2.71 bits per heavy atom. The quantitative estimate of drug-likeness (QED) is 0.895. The van der Waals surface area contributed by atoms with E-state index in [4.69, 9.17) is 0 Å². The summed E-state index contributed by atoms with van der Waals surface area (Å²) in [6, 6.07) is 4.47. The number of aromatic nitrogens is 1. The summed E-state index contributed by atoms with van der Waals surface area (Å²) in [5.74, 6) is 0. The van der Waals surface area contributed by atoms with Crippen molar-refractivity contribution >= 4 is 11.3 Å². The van der Waals surface area contributed by atoms with Gasteiger partial charge in [-0.1, -0.05) is 6.07 Å². The minimum absolute atomic E-state index is 0.356. The lowest BCUT2D eigenvalue weighted by molar-refractivity contribution is 0.581. The van der Waals surface area contributed by atoms with Gasteiger partial charge in [-0.05, 0) is 54.4 Å². The van der Waals surface area contributed by atoms with Crippen molar-refractivity contribution in [3.63, 3.8) is 0 Å². The van der Waals surface area contributed by atoms with Crippen LogP contribution in [0.1, 0.15) is 28.4 Å². The second-order valence-corrected chi connectivity index (χ2v) is 5.07. The first-order valence-corrected chi connectivity index (χ1v) is 6.77. The highest BCUT2D eigenvalue weighted by molar-refractivity contribution is 7.08. The van der Waals surface area contributed by atoms with Crippen molar-refractivity contribution in [3.8, 4) is 0 Å². The molecule has 90 valence electrons. The van der Waals surface area contributed by atoms with Crippen LogP contribution in [-0.4, -0.2) is 12.0 Å². The van der Waals surface area contributed by atoms with Gasteiger partial charge in [-0.2, -0.15) is 11.3 Å². The molecule has 2 aromatic rings. The summed E-state index contributed by atoms with van der Waals surface area (Å²) in [7, 11) is 2.01. The molecule has 3 heteroatoms. The molecule has 0 radical (unpaired) electrons. The second-order valence-electron chi connectivity index (χ2n) is 4.32. The second kappa shape index (κ2) is 5.43. The molecule has 1 atom stereocenters. The Labute approximate surface area is 107 Å². The molecule has 1 N–H and O–H groups in total. The van der Waals surface area contributed by atoms with Gasteiger partial charge in [0.05, 0.1) is 0 Å². The fraction of sp³-hybridized carbons (Fsp3) is 0.357. The van der Waals surface area contributed by atoms with Gasteiger partial charge in [-0.25, -0.2) is 0 Å². The maximum atomic E-state index is 4.47. The van der Waals surface area contributed by atoms with Gasteiger partial charge in [0.25, 0.3) is 0 Å². The van der Waals surface area contributed by atoms with Crippen LogP contribution in [0.15, 0.2) is 29.1 Å². The molecule has 0 bridgehead atoms. The number of hydrogen-bond acceptors (Lipinski definition) is 3. The lowest BCUT2D eigenvalue weighted by atomic mass is 10.00. The van der Waals surface area contributed by atoms with E-state index in [1.54, 1.807) is 11.3 Å². The van der Waals surface area contributed by atoms with Crippen molar-refractivity contribution in [2.24, 2.45) is 0 Å². The number of likely N-dealkylation sites (N-methyl/N-ethyl adjacent to an activating group) is 1. The van der Waals surface area contributed by atoms with E-state index in [0.717, 1.165) is 6.42 Å².